The zero-order chi connectivity index (χ0) is 20.4. The molecule has 0 bridgehead atoms. The summed E-state index contributed by atoms with van der Waals surface area (Å²) in [5.41, 5.74) is 8.21. The molecule has 0 unspecified atom stereocenters. The molecule has 0 saturated heterocycles. The summed E-state index contributed by atoms with van der Waals surface area (Å²) in [6.07, 6.45) is 3.22. The first-order chi connectivity index (χ1) is 14.1. The van der Waals surface area contributed by atoms with Crippen LogP contribution in [0.3, 0.4) is 0 Å². The van der Waals surface area contributed by atoms with Gasteiger partial charge in [-0.05, 0) is 56.3 Å². The lowest BCUT2D eigenvalue weighted by Gasteiger charge is -2.18. The molecule has 1 fully saturated rings. The summed E-state index contributed by atoms with van der Waals surface area (Å²) in [6.45, 7) is 2.97. The lowest BCUT2D eigenvalue weighted by atomic mass is 10.1. The molecule has 1 aromatic heterocycles. The molecule has 0 amide bonds. The van der Waals surface area contributed by atoms with Gasteiger partial charge in [0, 0.05) is 23.5 Å². The number of anilines is 2. The number of nitrogens with two attached hydrogens (primary N) is 1. The van der Waals surface area contributed by atoms with Crippen molar-refractivity contribution in [1.29, 1.82) is 0 Å². The molecule has 152 valence electrons. The standard InChI is InChI=1S/C22H25ClFN5/c1-13(14-8-9-14)27-21-17-6-2-4-15(10-11-25)20(17)28-22(29-21)26-12-16-5-3-7-18(23)19(16)24/h2-7,13-14H,8-12,25H2,1H3,(H2,26,27,28,29)/t13-/m1/s1. The molecule has 1 aliphatic rings. The minimum atomic E-state index is -0.424. The van der Waals surface area contributed by atoms with Crippen LogP contribution in [-0.4, -0.2) is 22.6 Å². The van der Waals surface area contributed by atoms with Crippen LogP contribution in [-0.2, 0) is 13.0 Å². The van der Waals surface area contributed by atoms with Crippen LogP contribution in [0.25, 0.3) is 10.9 Å². The maximum Gasteiger partial charge on any atom is 0.225 e. The summed E-state index contributed by atoms with van der Waals surface area (Å²) >= 11 is 5.89. The average Bonchev–Trinajstić information content (AvgIpc) is 3.55. The summed E-state index contributed by atoms with van der Waals surface area (Å²) < 4.78 is 14.2. The number of aromatic nitrogens is 2. The van der Waals surface area contributed by atoms with Gasteiger partial charge in [0.2, 0.25) is 5.95 Å². The van der Waals surface area contributed by atoms with Gasteiger partial charge in [0.05, 0.1) is 10.5 Å². The highest BCUT2D eigenvalue weighted by atomic mass is 35.5. The highest BCUT2D eigenvalue weighted by molar-refractivity contribution is 6.30. The van der Waals surface area contributed by atoms with Crippen LogP contribution >= 0.6 is 11.6 Å². The topological polar surface area (TPSA) is 75.9 Å². The zero-order valence-electron chi connectivity index (χ0n) is 16.4. The zero-order valence-corrected chi connectivity index (χ0v) is 17.1. The Balaban J connectivity index is 1.68. The van der Waals surface area contributed by atoms with Crippen molar-refractivity contribution >= 4 is 34.3 Å². The molecular formula is C22H25ClFN5. The average molecular weight is 414 g/mol. The van der Waals surface area contributed by atoms with Crippen LogP contribution in [0.15, 0.2) is 36.4 Å². The third-order valence-electron chi connectivity index (χ3n) is 5.39. The lowest BCUT2D eigenvalue weighted by molar-refractivity contribution is 0.613. The van der Waals surface area contributed by atoms with Crippen molar-refractivity contribution in [3.05, 3.63) is 58.4 Å². The first kappa shape index (κ1) is 19.9. The number of hydrogen-bond donors (Lipinski definition) is 3. The number of nitrogens with one attached hydrogen (secondary N) is 2. The second kappa shape index (κ2) is 8.51. The molecule has 4 rings (SSSR count). The van der Waals surface area contributed by atoms with Crippen LogP contribution in [0.5, 0.6) is 0 Å². The van der Waals surface area contributed by atoms with Crippen molar-refractivity contribution in [2.75, 3.05) is 17.2 Å². The van der Waals surface area contributed by atoms with E-state index in [-0.39, 0.29) is 11.6 Å². The number of fused-ring (bicyclic) bond motifs is 1. The molecule has 5 nitrogen and oxygen atoms in total. The Bertz CT molecular complexity index is 1020. The molecule has 4 N–H and O–H groups in total. The normalized spacial score (nSPS) is 14.8. The van der Waals surface area contributed by atoms with Crippen LogP contribution in [0.1, 0.15) is 30.9 Å². The minimum absolute atomic E-state index is 0.106. The van der Waals surface area contributed by atoms with E-state index >= 15 is 0 Å². The monoisotopic (exact) mass is 413 g/mol. The summed E-state index contributed by atoms with van der Waals surface area (Å²) in [4.78, 5) is 9.42. The van der Waals surface area contributed by atoms with Crippen LogP contribution in [0, 0.1) is 11.7 Å². The molecular weight excluding hydrogens is 389 g/mol. The van der Waals surface area contributed by atoms with E-state index in [1.54, 1.807) is 12.1 Å². The second-order valence-electron chi connectivity index (χ2n) is 7.58. The van der Waals surface area contributed by atoms with Gasteiger partial charge in [-0.1, -0.05) is 35.9 Å². The molecule has 0 spiro atoms. The quantitative estimate of drug-likeness (QED) is 0.497. The van der Waals surface area contributed by atoms with Crippen molar-refractivity contribution in [3.8, 4) is 0 Å². The van der Waals surface area contributed by atoms with E-state index in [0.29, 0.717) is 30.0 Å². The van der Waals surface area contributed by atoms with Crippen molar-refractivity contribution in [2.45, 2.75) is 38.8 Å². The smallest absolute Gasteiger partial charge is 0.225 e. The third-order valence-corrected chi connectivity index (χ3v) is 5.68. The fourth-order valence-corrected chi connectivity index (χ4v) is 3.74. The lowest BCUT2D eigenvalue weighted by Crippen LogP contribution is -2.19. The van der Waals surface area contributed by atoms with Gasteiger partial charge >= 0.3 is 0 Å². The van der Waals surface area contributed by atoms with Crippen molar-refractivity contribution in [3.63, 3.8) is 0 Å². The summed E-state index contributed by atoms with van der Waals surface area (Å²) in [5.74, 6) is 1.50. The van der Waals surface area contributed by atoms with Crippen LogP contribution < -0.4 is 16.4 Å². The number of nitrogens with zero attached hydrogens (tertiary/aromatic N) is 2. The number of rotatable bonds is 8. The van der Waals surface area contributed by atoms with Crippen molar-refractivity contribution in [1.82, 2.24) is 9.97 Å². The van der Waals surface area contributed by atoms with E-state index in [1.807, 2.05) is 18.2 Å². The maximum absolute atomic E-state index is 14.2. The van der Waals surface area contributed by atoms with E-state index in [2.05, 4.69) is 17.6 Å². The van der Waals surface area contributed by atoms with Gasteiger partial charge in [0.15, 0.2) is 0 Å². The van der Waals surface area contributed by atoms with E-state index in [4.69, 9.17) is 27.3 Å². The largest absolute Gasteiger partial charge is 0.367 e. The Morgan fingerprint density at radius 1 is 1.17 bits per heavy atom. The Labute approximate surface area is 174 Å². The number of halogens is 2. The number of hydrogen-bond acceptors (Lipinski definition) is 5. The fraction of sp³-hybridized carbons (Fsp3) is 0.364. The molecule has 2 aromatic carbocycles. The van der Waals surface area contributed by atoms with E-state index in [9.17, 15) is 4.39 Å². The Morgan fingerprint density at radius 2 is 1.93 bits per heavy atom. The predicted octanol–water partition coefficient (Wildman–Crippen LogP) is 4.75. The Morgan fingerprint density at radius 3 is 2.69 bits per heavy atom. The SMILES string of the molecule is C[C@@H](Nc1nc(NCc2cccc(Cl)c2F)nc2c(CCN)cccc12)C1CC1. The maximum atomic E-state index is 14.2. The second-order valence-corrected chi connectivity index (χ2v) is 7.99. The first-order valence-electron chi connectivity index (χ1n) is 10.00. The van der Waals surface area contributed by atoms with Crippen LogP contribution in [0.2, 0.25) is 5.02 Å². The summed E-state index contributed by atoms with van der Waals surface area (Å²) in [5, 5.41) is 7.80. The van der Waals surface area contributed by atoms with Crippen molar-refractivity contribution < 1.29 is 4.39 Å². The van der Waals surface area contributed by atoms with Gasteiger partial charge in [0.1, 0.15) is 11.6 Å². The van der Waals surface area contributed by atoms with Gasteiger partial charge in [-0.15, -0.1) is 0 Å². The van der Waals surface area contributed by atoms with Crippen molar-refractivity contribution in [2.24, 2.45) is 11.7 Å². The molecule has 0 radical (unpaired) electrons. The fourth-order valence-electron chi connectivity index (χ4n) is 3.55. The van der Waals surface area contributed by atoms with E-state index in [1.165, 1.54) is 18.9 Å². The van der Waals surface area contributed by atoms with Gasteiger partial charge in [-0.25, -0.2) is 9.37 Å². The highest BCUT2D eigenvalue weighted by Crippen LogP contribution is 2.35. The molecule has 7 heteroatoms. The highest BCUT2D eigenvalue weighted by Gasteiger charge is 2.28. The first-order valence-corrected chi connectivity index (χ1v) is 10.4. The Kier molecular flexibility index (Phi) is 5.83. The van der Waals surface area contributed by atoms with Gasteiger partial charge in [-0.2, -0.15) is 4.98 Å². The van der Waals surface area contributed by atoms with Gasteiger partial charge < -0.3 is 16.4 Å². The summed E-state index contributed by atoms with van der Waals surface area (Å²) in [6, 6.07) is 11.4. The van der Waals surface area contributed by atoms with Gasteiger partial charge in [0.25, 0.3) is 0 Å². The van der Waals surface area contributed by atoms with Gasteiger partial charge in [-0.3, -0.25) is 0 Å². The van der Waals surface area contributed by atoms with E-state index < -0.39 is 5.82 Å². The molecule has 29 heavy (non-hydrogen) atoms. The molecule has 1 saturated carbocycles. The number of benzene rings is 2. The van der Waals surface area contributed by atoms with Crippen LogP contribution in [0.4, 0.5) is 16.2 Å². The third kappa shape index (κ3) is 4.43. The van der Waals surface area contributed by atoms with E-state index in [0.717, 1.165) is 28.7 Å². The summed E-state index contributed by atoms with van der Waals surface area (Å²) in [7, 11) is 0. The molecule has 3 aromatic rings. The molecule has 1 heterocycles. The Hall–Kier alpha value is -2.44. The molecule has 1 atom stereocenters. The number of para-hydroxylation sites is 1. The molecule has 0 aliphatic heterocycles. The predicted molar refractivity (Wildman–Crippen MR) is 117 cm³/mol. The molecule has 1 aliphatic carbocycles. The minimum Gasteiger partial charge on any atom is -0.367 e.